The van der Waals surface area contributed by atoms with Crippen molar-refractivity contribution in [1.82, 2.24) is 9.78 Å². The van der Waals surface area contributed by atoms with Crippen LogP contribution in [0.5, 0.6) is 0 Å². The first-order chi connectivity index (χ1) is 9.30. The number of aromatic nitrogens is 2. The molecule has 0 spiro atoms. The van der Waals surface area contributed by atoms with Crippen molar-refractivity contribution in [3.8, 4) is 0 Å². The van der Waals surface area contributed by atoms with Gasteiger partial charge in [0.1, 0.15) is 5.15 Å². The molecule has 1 heterocycles. The van der Waals surface area contributed by atoms with Gasteiger partial charge < -0.3 is 9.84 Å². The van der Waals surface area contributed by atoms with Gasteiger partial charge in [-0.15, -0.1) is 0 Å². The second kappa shape index (κ2) is 6.26. The molecule has 0 fully saturated rings. The van der Waals surface area contributed by atoms with E-state index in [-0.39, 0.29) is 19.4 Å². The molecule has 6 nitrogen and oxygen atoms in total. The molecule has 0 radical (unpaired) electrons. The number of hydrogen-bond acceptors (Lipinski definition) is 4. The van der Waals surface area contributed by atoms with Crippen LogP contribution in [0.3, 0.4) is 0 Å². The highest BCUT2D eigenvalue weighted by molar-refractivity contribution is 6.30. The van der Waals surface area contributed by atoms with Crippen molar-refractivity contribution < 1.29 is 19.4 Å². The van der Waals surface area contributed by atoms with Crippen LogP contribution < -0.4 is 0 Å². The van der Waals surface area contributed by atoms with Crippen molar-refractivity contribution in [3.63, 3.8) is 0 Å². The standard InChI is InChI=1S/C13H19ClN2O4/c1-5-13(11(17)18,12(19)20-6-2)7-9-8(3)15-16(4)10(9)14/h5-7H2,1-4H3,(H,17,18). The lowest BCUT2D eigenvalue weighted by Gasteiger charge is -2.25. The van der Waals surface area contributed by atoms with Crippen LogP contribution in [0.25, 0.3) is 0 Å². The summed E-state index contributed by atoms with van der Waals surface area (Å²) < 4.78 is 6.39. The number of carboxylic acid groups (broad SMARTS) is 1. The minimum absolute atomic E-state index is 0.0316. The Balaban J connectivity index is 3.26. The monoisotopic (exact) mass is 302 g/mol. The highest BCUT2D eigenvalue weighted by atomic mass is 35.5. The van der Waals surface area contributed by atoms with Gasteiger partial charge in [-0.1, -0.05) is 18.5 Å². The number of hydrogen-bond donors (Lipinski definition) is 1. The third-order valence-corrected chi connectivity index (χ3v) is 3.90. The van der Waals surface area contributed by atoms with Crippen molar-refractivity contribution in [2.75, 3.05) is 6.61 Å². The van der Waals surface area contributed by atoms with E-state index >= 15 is 0 Å². The summed E-state index contributed by atoms with van der Waals surface area (Å²) in [5.74, 6) is -1.95. The summed E-state index contributed by atoms with van der Waals surface area (Å²) in [5.41, 5.74) is -0.458. The van der Waals surface area contributed by atoms with E-state index in [2.05, 4.69) is 5.10 Å². The van der Waals surface area contributed by atoms with Crippen molar-refractivity contribution >= 4 is 23.5 Å². The topological polar surface area (TPSA) is 81.4 Å². The third kappa shape index (κ3) is 2.80. The van der Waals surface area contributed by atoms with Crippen molar-refractivity contribution in [3.05, 3.63) is 16.4 Å². The van der Waals surface area contributed by atoms with Crippen LogP contribution in [0, 0.1) is 12.3 Å². The van der Waals surface area contributed by atoms with Crippen LogP contribution in [-0.4, -0.2) is 33.4 Å². The second-order valence-corrected chi connectivity index (χ2v) is 4.97. The van der Waals surface area contributed by atoms with Crippen molar-refractivity contribution in [1.29, 1.82) is 0 Å². The highest BCUT2D eigenvalue weighted by Crippen LogP contribution is 2.33. The fraction of sp³-hybridized carbons (Fsp3) is 0.615. The number of halogens is 1. The van der Waals surface area contributed by atoms with Crippen molar-refractivity contribution in [2.45, 2.75) is 33.6 Å². The molecular weight excluding hydrogens is 284 g/mol. The van der Waals surface area contributed by atoms with E-state index in [0.717, 1.165) is 0 Å². The Morgan fingerprint density at radius 1 is 1.45 bits per heavy atom. The number of carboxylic acids is 1. The molecule has 0 aliphatic heterocycles. The molecule has 112 valence electrons. The third-order valence-electron chi connectivity index (χ3n) is 3.43. The summed E-state index contributed by atoms with van der Waals surface area (Å²) in [6, 6.07) is 0. The SMILES string of the molecule is CCOC(=O)C(CC)(Cc1c(C)nn(C)c1Cl)C(=O)O. The summed E-state index contributed by atoms with van der Waals surface area (Å²) in [4.78, 5) is 23.7. The van der Waals surface area contributed by atoms with Crippen LogP contribution in [-0.2, 0) is 27.8 Å². The number of carbonyl (C=O) groups excluding carboxylic acids is 1. The Morgan fingerprint density at radius 3 is 2.40 bits per heavy atom. The fourth-order valence-electron chi connectivity index (χ4n) is 2.10. The lowest BCUT2D eigenvalue weighted by molar-refractivity contribution is -0.168. The van der Waals surface area contributed by atoms with Crippen LogP contribution in [0.15, 0.2) is 0 Å². The molecule has 0 saturated heterocycles. The van der Waals surface area contributed by atoms with E-state index in [1.165, 1.54) is 4.68 Å². The molecule has 0 aliphatic carbocycles. The Labute approximate surface area is 122 Å². The molecule has 0 aromatic carbocycles. The molecular formula is C13H19ClN2O4. The molecule has 0 saturated carbocycles. The van der Waals surface area contributed by atoms with Gasteiger partial charge in [0, 0.05) is 19.0 Å². The maximum atomic E-state index is 12.1. The molecule has 1 aromatic heterocycles. The molecule has 0 bridgehead atoms. The van der Waals surface area contributed by atoms with Gasteiger partial charge in [-0.3, -0.25) is 14.3 Å². The van der Waals surface area contributed by atoms with Gasteiger partial charge >= 0.3 is 11.9 Å². The number of nitrogens with zero attached hydrogens (tertiary/aromatic N) is 2. The molecule has 20 heavy (non-hydrogen) atoms. The summed E-state index contributed by atoms with van der Waals surface area (Å²) in [6.07, 6.45) is 0.0853. The Hall–Kier alpha value is -1.56. The largest absolute Gasteiger partial charge is 0.480 e. The smallest absolute Gasteiger partial charge is 0.323 e. The van der Waals surface area contributed by atoms with Gasteiger partial charge in [0.05, 0.1) is 12.3 Å². The van der Waals surface area contributed by atoms with Crippen molar-refractivity contribution in [2.24, 2.45) is 12.5 Å². The number of carbonyl (C=O) groups is 2. The van der Waals surface area contributed by atoms with E-state index in [0.29, 0.717) is 16.4 Å². The van der Waals surface area contributed by atoms with E-state index in [4.69, 9.17) is 16.3 Å². The van der Waals surface area contributed by atoms with E-state index in [1.807, 2.05) is 0 Å². The van der Waals surface area contributed by atoms with Gasteiger partial charge in [-0.05, 0) is 20.3 Å². The minimum atomic E-state index is -1.63. The lowest BCUT2D eigenvalue weighted by atomic mass is 9.79. The molecule has 1 aromatic rings. The van der Waals surface area contributed by atoms with Crippen LogP contribution >= 0.6 is 11.6 Å². The molecule has 1 unspecified atom stereocenters. The number of esters is 1. The molecule has 1 atom stereocenters. The summed E-state index contributed by atoms with van der Waals surface area (Å²) in [7, 11) is 1.66. The van der Waals surface area contributed by atoms with Gasteiger partial charge in [-0.2, -0.15) is 5.10 Å². The predicted molar refractivity (Wildman–Crippen MR) is 73.7 cm³/mol. The average molecular weight is 303 g/mol. The molecule has 1 rings (SSSR count). The maximum Gasteiger partial charge on any atom is 0.323 e. The highest BCUT2D eigenvalue weighted by Gasteiger charge is 2.47. The summed E-state index contributed by atoms with van der Waals surface area (Å²) in [6.45, 7) is 5.15. The fourth-order valence-corrected chi connectivity index (χ4v) is 2.34. The van der Waals surface area contributed by atoms with Gasteiger partial charge in [0.2, 0.25) is 0 Å². The molecule has 1 N–H and O–H groups in total. The van der Waals surface area contributed by atoms with Crippen LogP contribution in [0.2, 0.25) is 5.15 Å². The minimum Gasteiger partial charge on any atom is -0.480 e. The Bertz CT molecular complexity index is 527. The number of aryl methyl sites for hydroxylation is 2. The predicted octanol–water partition coefficient (Wildman–Crippen LogP) is 1.97. The first-order valence-electron chi connectivity index (χ1n) is 6.38. The normalized spacial score (nSPS) is 13.8. The number of ether oxygens (including phenoxy) is 1. The zero-order chi connectivity index (χ0) is 15.5. The first-order valence-corrected chi connectivity index (χ1v) is 6.76. The zero-order valence-corrected chi connectivity index (χ0v) is 12.8. The molecule has 0 aliphatic rings. The quantitative estimate of drug-likeness (QED) is 0.642. The van der Waals surface area contributed by atoms with Gasteiger partial charge in [-0.25, -0.2) is 0 Å². The maximum absolute atomic E-state index is 12.1. The average Bonchev–Trinajstić information content (AvgIpc) is 2.61. The second-order valence-electron chi connectivity index (χ2n) is 4.62. The van der Waals surface area contributed by atoms with E-state index < -0.39 is 17.4 Å². The van der Waals surface area contributed by atoms with Gasteiger partial charge in [0.25, 0.3) is 0 Å². The van der Waals surface area contributed by atoms with E-state index in [1.54, 1.807) is 27.8 Å². The van der Waals surface area contributed by atoms with Crippen LogP contribution in [0.4, 0.5) is 0 Å². The molecule has 7 heteroatoms. The first kappa shape index (κ1) is 16.5. The van der Waals surface area contributed by atoms with Gasteiger partial charge in [0.15, 0.2) is 5.41 Å². The Kier molecular flexibility index (Phi) is 5.16. The summed E-state index contributed by atoms with van der Waals surface area (Å²) in [5, 5.41) is 14.0. The Morgan fingerprint density at radius 2 is 2.05 bits per heavy atom. The number of rotatable bonds is 6. The lowest BCUT2D eigenvalue weighted by Crippen LogP contribution is -2.42. The number of aliphatic carboxylic acids is 1. The van der Waals surface area contributed by atoms with Crippen LogP contribution in [0.1, 0.15) is 31.5 Å². The summed E-state index contributed by atoms with van der Waals surface area (Å²) >= 11 is 6.12. The zero-order valence-electron chi connectivity index (χ0n) is 12.1. The van der Waals surface area contributed by atoms with E-state index in [9.17, 15) is 14.7 Å². The molecule has 0 amide bonds.